The third-order valence-corrected chi connectivity index (χ3v) is 2.50. The molecule has 0 bridgehead atoms. The van der Waals surface area contributed by atoms with E-state index in [1.54, 1.807) is 24.9 Å². The number of hydrogen-bond acceptors (Lipinski definition) is 4. The first kappa shape index (κ1) is 12.6. The highest BCUT2D eigenvalue weighted by molar-refractivity contribution is 7.98. The lowest BCUT2D eigenvalue weighted by Crippen LogP contribution is -2.18. The van der Waals surface area contributed by atoms with E-state index < -0.39 is 6.09 Å². The molecule has 1 rings (SSSR count). The summed E-state index contributed by atoms with van der Waals surface area (Å²) in [4.78, 5) is 12.1. The SMILES string of the molecule is CCOC(=O)N/N=C/c1ccc(SC)cc1. The molecular formula is C11H14N2O2S. The lowest BCUT2D eigenvalue weighted by atomic mass is 10.2. The molecule has 0 aliphatic rings. The van der Waals surface area contributed by atoms with Crippen LogP contribution in [-0.2, 0) is 4.74 Å². The van der Waals surface area contributed by atoms with Crippen LogP contribution in [0.4, 0.5) is 4.79 Å². The van der Waals surface area contributed by atoms with Gasteiger partial charge in [-0.1, -0.05) is 12.1 Å². The number of hydrogen-bond donors (Lipinski definition) is 1. The van der Waals surface area contributed by atoms with Crippen molar-refractivity contribution in [3.05, 3.63) is 29.8 Å². The van der Waals surface area contributed by atoms with Crippen molar-refractivity contribution in [2.45, 2.75) is 11.8 Å². The van der Waals surface area contributed by atoms with Crippen molar-refractivity contribution >= 4 is 24.1 Å². The number of amides is 1. The Morgan fingerprint density at radius 1 is 1.50 bits per heavy atom. The molecule has 0 aromatic heterocycles. The van der Waals surface area contributed by atoms with Crippen LogP contribution in [0.25, 0.3) is 0 Å². The van der Waals surface area contributed by atoms with Gasteiger partial charge in [0.25, 0.3) is 0 Å². The van der Waals surface area contributed by atoms with Crippen LogP contribution in [0.2, 0.25) is 0 Å². The highest BCUT2D eigenvalue weighted by Gasteiger charge is 1.95. The van der Waals surface area contributed by atoms with E-state index in [0.717, 1.165) is 5.56 Å². The molecule has 86 valence electrons. The van der Waals surface area contributed by atoms with E-state index in [9.17, 15) is 4.79 Å². The second kappa shape index (κ2) is 6.90. The summed E-state index contributed by atoms with van der Waals surface area (Å²) in [6.45, 7) is 2.08. The monoisotopic (exact) mass is 238 g/mol. The molecule has 0 unspecified atom stereocenters. The summed E-state index contributed by atoms with van der Waals surface area (Å²) in [6, 6.07) is 7.86. The van der Waals surface area contributed by atoms with Gasteiger partial charge in [-0.05, 0) is 30.9 Å². The van der Waals surface area contributed by atoms with Gasteiger partial charge >= 0.3 is 6.09 Å². The first-order valence-corrected chi connectivity index (χ1v) is 6.08. The van der Waals surface area contributed by atoms with E-state index in [2.05, 4.69) is 15.3 Å². The van der Waals surface area contributed by atoms with Crippen molar-refractivity contribution in [1.29, 1.82) is 0 Å². The van der Waals surface area contributed by atoms with Crippen molar-refractivity contribution in [3.63, 3.8) is 0 Å². The van der Waals surface area contributed by atoms with E-state index >= 15 is 0 Å². The Bertz CT molecular complexity index is 363. The standard InChI is InChI=1S/C11H14N2O2S/c1-3-15-11(14)13-12-8-9-4-6-10(16-2)7-5-9/h4-8H,3H2,1-2H3,(H,13,14)/b12-8+. The molecule has 5 heteroatoms. The van der Waals surface area contributed by atoms with Crippen LogP contribution < -0.4 is 5.43 Å². The maximum atomic E-state index is 10.9. The molecule has 0 spiro atoms. The molecule has 4 nitrogen and oxygen atoms in total. The number of hydrazone groups is 1. The van der Waals surface area contributed by atoms with Crippen molar-refractivity contribution in [3.8, 4) is 0 Å². The molecule has 0 saturated heterocycles. The summed E-state index contributed by atoms with van der Waals surface area (Å²) >= 11 is 1.68. The summed E-state index contributed by atoms with van der Waals surface area (Å²) in [5, 5.41) is 3.76. The van der Waals surface area contributed by atoms with Crippen LogP contribution in [0.3, 0.4) is 0 Å². The number of nitrogens with one attached hydrogen (secondary N) is 1. The highest BCUT2D eigenvalue weighted by Crippen LogP contribution is 2.13. The second-order valence-electron chi connectivity index (χ2n) is 2.86. The number of nitrogens with zero attached hydrogens (tertiary/aromatic N) is 1. The maximum absolute atomic E-state index is 10.9. The van der Waals surface area contributed by atoms with Gasteiger partial charge in [0.15, 0.2) is 0 Å². The first-order chi connectivity index (χ1) is 7.76. The largest absolute Gasteiger partial charge is 0.449 e. The molecule has 1 N–H and O–H groups in total. The Morgan fingerprint density at radius 2 is 2.19 bits per heavy atom. The molecule has 1 aromatic rings. The summed E-state index contributed by atoms with van der Waals surface area (Å²) in [5.74, 6) is 0. The average Bonchev–Trinajstić information content (AvgIpc) is 2.30. The zero-order valence-electron chi connectivity index (χ0n) is 9.27. The van der Waals surface area contributed by atoms with Crippen LogP contribution in [0.15, 0.2) is 34.3 Å². The summed E-state index contributed by atoms with van der Waals surface area (Å²) in [6.07, 6.45) is 3.05. The normalized spacial score (nSPS) is 10.4. The number of ether oxygens (including phenoxy) is 1. The quantitative estimate of drug-likeness (QED) is 0.498. The minimum absolute atomic E-state index is 0.337. The number of carbonyl (C=O) groups is 1. The van der Waals surface area contributed by atoms with Crippen LogP contribution in [0.5, 0.6) is 0 Å². The van der Waals surface area contributed by atoms with Gasteiger partial charge in [-0.2, -0.15) is 5.10 Å². The Labute approximate surface area is 99.1 Å². The zero-order valence-corrected chi connectivity index (χ0v) is 10.1. The Hall–Kier alpha value is -1.49. The molecule has 0 saturated carbocycles. The molecule has 0 heterocycles. The van der Waals surface area contributed by atoms with E-state index in [1.165, 1.54) is 4.90 Å². The van der Waals surface area contributed by atoms with Crippen molar-refractivity contribution in [2.75, 3.05) is 12.9 Å². The van der Waals surface area contributed by atoms with Gasteiger partial charge in [0.1, 0.15) is 0 Å². The molecule has 0 fully saturated rings. The number of benzene rings is 1. The van der Waals surface area contributed by atoms with Gasteiger partial charge in [-0.25, -0.2) is 10.2 Å². The molecular weight excluding hydrogens is 224 g/mol. The first-order valence-electron chi connectivity index (χ1n) is 4.86. The lowest BCUT2D eigenvalue weighted by molar-refractivity contribution is 0.152. The van der Waals surface area contributed by atoms with Gasteiger partial charge in [-0.15, -0.1) is 11.8 Å². The van der Waals surface area contributed by atoms with Crippen LogP contribution in [0.1, 0.15) is 12.5 Å². The van der Waals surface area contributed by atoms with Gasteiger partial charge < -0.3 is 4.74 Å². The van der Waals surface area contributed by atoms with Crippen LogP contribution >= 0.6 is 11.8 Å². The van der Waals surface area contributed by atoms with Crippen LogP contribution in [0, 0.1) is 0 Å². The second-order valence-corrected chi connectivity index (χ2v) is 3.74. The fraction of sp³-hybridized carbons (Fsp3) is 0.273. The van der Waals surface area contributed by atoms with Gasteiger partial charge in [0.05, 0.1) is 12.8 Å². The summed E-state index contributed by atoms with van der Waals surface area (Å²) in [7, 11) is 0. The molecule has 0 aliphatic carbocycles. The zero-order chi connectivity index (χ0) is 11.8. The minimum atomic E-state index is -0.542. The number of carbonyl (C=O) groups excluding carboxylic acids is 1. The highest BCUT2D eigenvalue weighted by atomic mass is 32.2. The third-order valence-electron chi connectivity index (χ3n) is 1.76. The molecule has 0 radical (unpaired) electrons. The molecule has 0 atom stereocenters. The Morgan fingerprint density at radius 3 is 2.75 bits per heavy atom. The van der Waals surface area contributed by atoms with E-state index in [4.69, 9.17) is 0 Å². The summed E-state index contributed by atoms with van der Waals surface area (Å²) < 4.78 is 4.65. The topological polar surface area (TPSA) is 50.7 Å². The van der Waals surface area contributed by atoms with Gasteiger partial charge in [0, 0.05) is 4.90 Å². The van der Waals surface area contributed by atoms with Gasteiger partial charge in [0.2, 0.25) is 0 Å². The maximum Gasteiger partial charge on any atom is 0.427 e. The van der Waals surface area contributed by atoms with E-state index in [-0.39, 0.29) is 0 Å². The smallest absolute Gasteiger partial charge is 0.427 e. The van der Waals surface area contributed by atoms with Gasteiger partial charge in [-0.3, -0.25) is 0 Å². The lowest BCUT2D eigenvalue weighted by Gasteiger charge is -1.99. The summed E-state index contributed by atoms with van der Waals surface area (Å²) in [5.41, 5.74) is 3.19. The number of thioether (sulfide) groups is 1. The minimum Gasteiger partial charge on any atom is -0.449 e. The van der Waals surface area contributed by atoms with Crippen molar-refractivity contribution in [2.24, 2.45) is 5.10 Å². The fourth-order valence-electron chi connectivity index (χ4n) is 1.01. The van der Waals surface area contributed by atoms with Crippen LogP contribution in [-0.4, -0.2) is 25.2 Å². The molecule has 1 aromatic carbocycles. The molecule has 0 aliphatic heterocycles. The fourth-order valence-corrected chi connectivity index (χ4v) is 1.42. The molecule has 16 heavy (non-hydrogen) atoms. The predicted octanol–water partition coefficient (Wildman–Crippen LogP) is 2.49. The van der Waals surface area contributed by atoms with E-state index in [0.29, 0.717) is 6.61 Å². The Kier molecular flexibility index (Phi) is 5.42. The Balaban J connectivity index is 2.46. The third kappa shape index (κ3) is 4.35. The van der Waals surface area contributed by atoms with Crippen molar-refractivity contribution in [1.82, 2.24) is 5.43 Å². The predicted molar refractivity (Wildman–Crippen MR) is 66.0 cm³/mol. The average molecular weight is 238 g/mol. The van der Waals surface area contributed by atoms with Crippen molar-refractivity contribution < 1.29 is 9.53 Å². The number of rotatable bonds is 4. The molecule has 1 amide bonds. The van der Waals surface area contributed by atoms with E-state index in [1.807, 2.05) is 30.5 Å².